The molecule has 2 fully saturated rings. The Bertz CT molecular complexity index is 945. The first-order valence-corrected chi connectivity index (χ1v) is 10.1. The monoisotopic (exact) mass is 457 g/mol. The molecule has 2 aliphatic heterocycles. The third-order valence-corrected chi connectivity index (χ3v) is 5.85. The number of phenols is 1. The van der Waals surface area contributed by atoms with Gasteiger partial charge in [-0.05, 0) is 48.4 Å². The maximum atomic E-state index is 12.9. The molecule has 7 nitrogen and oxygen atoms in total. The van der Waals surface area contributed by atoms with Crippen LogP contribution < -0.4 is 10.6 Å². The van der Waals surface area contributed by atoms with Crippen molar-refractivity contribution in [2.24, 2.45) is 0 Å². The molecule has 3 amide bonds. The highest BCUT2D eigenvalue weighted by Gasteiger charge is 2.46. The quantitative estimate of drug-likeness (QED) is 0.649. The predicted molar refractivity (Wildman–Crippen MR) is 109 cm³/mol. The lowest BCUT2D eigenvalue weighted by Crippen LogP contribution is -2.61. The fourth-order valence-corrected chi connectivity index (χ4v) is 4.10. The molecular weight excluding hydrogens is 438 g/mol. The molecule has 0 bridgehead atoms. The van der Waals surface area contributed by atoms with Crippen LogP contribution in [-0.4, -0.2) is 52.4 Å². The third kappa shape index (κ3) is 4.12. The first-order valence-electron chi connectivity index (χ1n) is 9.36. The molecule has 0 aliphatic carbocycles. The topological polar surface area (TPSA) is 98.7 Å². The average molecular weight is 458 g/mol. The normalized spacial score (nSPS) is 23.5. The van der Waals surface area contributed by atoms with Crippen LogP contribution in [0, 0.1) is 0 Å². The molecule has 150 valence electrons. The van der Waals surface area contributed by atoms with Gasteiger partial charge in [-0.15, -0.1) is 0 Å². The van der Waals surface area contributed by atoms with Crippen LogP contribution in [0.25, 0.3) is 0 Å². The summed E-state index contributed by atoms with van der Waals surface area (Å²) in [6.07, 6.45) is 0.746. The number of phenolic OH excluding ortho intramolecular Hbond substituents is 1. The standard InChI is InChI=1S/C21H20BrN3O4/c22-14-5-3-13(4-6-14)19(27)23-15-10-18-20(28)24-17(21(29)25(18)11-15)9-12-1-7-16(26)8-2-12/h1-8,15,17-18,26H,9-11H2,(H,23,27)(H,24,28)/t15-,17+,18-/m0/s1. The number of rotatable bonds is 4. The lowest BCUT2D eigenvalue weighted by molar-refractivity contribution is -0.147. The molecule has 3 N–H and O–H groups in total. The molecule has 2 heterocycles. The number of piperazine rings is 1. The summed E-state index contributed by atoms with van der Waals surface area (Å²) in [6, 6.07) is 12.1. The Kier molecular flexibility index (Phi) is 5.27. The Morgan fingerprint density at radius 2 is 1.83 bits per heavy atom. The summed E-state index contributed by atoms with van der Waals surface area (Å²) in [5, 5.41) is 15.1. The van der Waals surface area contributed by atoms with Crippen molar-refractivity contribution in [3.63, 3.8) is 0 Å². The molecule has 2 aromatic rings. The summed E-state index contributed by atoms with van der Waals surface area (Å²) >= 11 is 3.34. The molecule has 0 aromatic heterocycles. The van der Waals surface area contributed by atoms with Gasteiger partial charge in [-0.2, -0.15) is 0 Å². The van der Waals surface area contributed by atoms with Crippen LogP contribution in [0.4, 0.5) is 0 Å². The molecule has 0 saturated carbocycles. The van der Waals surface area contributed by atoms with Gasteiger partial charge in [0.15, 0.2) is 0 Å². The summed E-state index contributed by atoms with van der Waals surface area (Å²) in [6.45, 7) is 0.311. The number of halogens is 1. The lowest BCUT2D eigenvalue weighted by atomic mass is 10.0. The van der Waals surface area contributed by atoms with Gasteiger partial charge in [-0.3, -0.25) is 14.4 Å². The molecule has 3 atom stereocenters. The molecular formula is C21H20BrN3O4. The second kappa shape index (κ2) is 7.87. The number of carbonyl (C=O) groups is 3. The number of amides is 3. The van der Waals surface area contributed by atoms with E-state index in [9.17, 15) is 19.5 Å². The lowest BCUT2D eigenvalue weighted by Gasteiger charge is -2.34. The highest BCUT2D eigenvalue weighted by Crippen LogP contribution is 2.24. The van der Waals surface area contributed by atoms with Crippen molar-refractivity contribution in [2.45, 2.75) is 31.0 Å². The van der Waals surface area contributed by atoms with Gasteiger partial charge in [-0.1, -0.05) is 28.1 Å². The molecule has 2 aliphatic rings. The van der Waals surface area contributed by atoms with Gasteiger partial charge in [0.2, 0.25) is 11.8 Å². The van der Waals surface area contributed by atoms with Crippen LogP contribution in [-0.2, 0) is 16.0 Å². The minimum Gasteiger partial charge on any atom is -0.508 e. The van der Waals surface area contributed by atoms with E-state index in [1.54, 1.807) is 53.4 Å². The van der Waals surface area contributed by atoms with Gasteiger partial charge in [0, 0.05) is 29.0 Å². The summed E-state index contributed by atoms with van der Waals surface area (Å²) in [7, 11) is 0. The van der Waals surface area contributed by atoms with Crippen LogP contribution in [0.2, 0.25) is 0 Å². The largest absolute Gasteiger partial charge is 0.508 e. The van der Waals surface area contributed by atoms with Crippen molar-refractivity contribution in [1.82, 2.24) is 15.5 Å². The fourth-order valence-electron chi connectivity index (χ4n) is 3.84. The second-order valence-electron chi connectivity index (χ2n) is 7.35. The molecule has 8 heteroatoms. The molecule has 0 unspecified atom stereocenters. The maximum Gasteiger partial charge on any atom is 0.251 e. The summed E-state index contributed by atoms with van der Waals surface area (Å²) in [4.78, 5) is 39.5. The zero-order valence-corrected chi connectivity index (χ0v) is 17.1. The number of carbonyl (C=O) groups excluding carboxylic acids is 3. The van der Waals surface area contributed by atoms with Crippen molar-refractivity contribution in [2.75, 3.05) is 6.54 Å². The first kappa shape index (κ1) is 19.4. The van der Waals surface area contributed by atoms with E-state index in [0.717, 1.165) is 10.0 Å². The zero-order chi connectivity index (χ0) is 20.5. The molecule has 4 rings (SSSR count). The van der Waals surface area contributed by atoms with Gasteiger partial charge in [0.25, 0.3) is 5.91 Å². The number of nitrogens with zero attached hydrogens (tertiary/aromatic N) is 1. The van der Waals surface area contributed by atoms with Gasteiger partial charge < -0.3 is 20.6 Å². The highest BCUT2D eigenvalue weighted by molar-refractivity contribution is 9.10. The number of hydrogen-bond donors (Lipinski definition) is 3. The van der Waals surface area contributed by atoms with Crippen LogP contribution >= 0.6 is 15.9 Å². The van der Waals surface area contributed by atoms with Crippen LogP contribution in [0.15, 0.2) is 53.0 Å². The Hall–Kier alpha value is -2.87. The first-order chi connectivity index (χ1) is 13.9. The Morgan fingerprint density at radius 3 is 2.52 bits per heavy atom. The van der Waals surface area contributed by atoms with E-state index < -0.39 is 12.1 Å². The van der Waals surface area contributed by atoms with Crippen molar-refractivity contribution in [3.8, 4) is 5.75 Å². The van der Waals surface area contributed by atoms with E-state index in [-0.39, 0.29) is 29.5 Å². The SMILES string of the molecule is O=C(N[C@H]1C[C@H]2C(=O)N[C@H](Cc3ccc(O)cc3)C(=O)N2C1)c1ccc(Br)cc1. The molecule has 2 aromatic carbocycles. The van der Waals surface area contributed by atoms with Crippen molar-refractivity contribution in [1.29, 1.82) is 0 Å². The van der Waals surface area contributed by atoms with Crippen molar-refractivity contribution in [3.05, 3.63) is 64.1 Å². The van der Waals surface area contributed by atoms with E-state index in [1.165, 1.54) is 0 Å². The maximum absolute atomic E-state index is 12.9. The Labute approximate surface area is 176 Å². The van der Waals surface area contributed by atoms with E-state index in [4.69, 9.17) is 0 Å². The van der Waals surface area contributed by atoms with E-state index in [0.29, 0.717) is 24.9 Å². The van der Waals surface area contributed by atoms with E-state index >= 15 is 0 Å². The summed E-state index contributed by atoms with van der Waals surface area (Å²) in [5.41, 5.74) is 1.37. The van der Waals surface area contributed by atoms with Crippen LogP contribution in [0.3, 0.4) is 0 Å². The van der Waals surface area contributed by atoms with Gasteiger partial charge in [0.1, 0.15) is 17.8 Å². The highest BCUT2D eigenvalue weighted by atomic mass is 79.9. The zero-order valence-electron chi connectivity index (χ0n) is 15.5. The fraction of sp³-hybridized carbons (Fsp3) is 0.286. The van der Waals surface area contributed by atoms with Crippen molar-refractivity contribution >= 4 is 33.7 Å². The smallest absolute Gasteiger partial charge is 0.251 e. The number of benzene rings is 2. The molecule has 0 radical (unpaired) electrons. The van der Waals surface area contributed by atoms with Crippen LogP contribution in [0.1, 0.15) is 22.3 Å². The predicted octanol–water partition coefficient (Wildman–Crippen LogP) is 1.60. The number of hydrogen-bond acceptors (Lipinski definition) is 4. The minimum absolute atomic E-state index is 0.150. The number of nitrogens with one attached hydrogen (secondary N) is 2. The van der Waals surface area contributed by atoms with Gasteiger partial charge in [0.05, 0.1) is 0 Å². The average Bonchev–Trinajstić information content (AvgIpc) is 3.13. The number of aromatic hydroxyl groups is 1. The van der Waals surface area contributed by atoms with Gasteiger partial charge >= 0.3 is 0 Å². The Balaban J connectivity index is 1.42. The summed E-state index contributed by atoms with van der Waals surface area (Å²) in [5.74, 6) is -0.426. The Morgan fingerprint density at radius 1 is 1.14 bits per heavy atom. The van der Waals surface area contributed by atoms with Crippen LogP contribution in [0.5, 0.6) is 5.75 Å². The van der Waals surface area contributed by atoms with Crippen molar-refractivity contribution < 1.29 is 19.5 Å². The minimum atomic E-state index is -0.649. The summed E-state index contributed by atoms with van der Waals surface area (Å²) < 4.78 is 0.883. The number of fused-ring (bicyclic) bond motifs is 1. The second-order valence-corrected chi connectivity index (χ2v) is 8.27. The van der Waals surface area contributed by atoms with Gasteiger partial charge in [-0.25, -0.2) is 0 Å². The molecule has 2 saturated heterocycles. The van der Waals surface area contributed by atoms with E-state index in [2.05, 4.69) is 26.6 Å². The molecule has 0 spiro atoms. The molecule has 29 heavy (non-hydrogen) atoms. The third-order valence-electron chi connectivity index (χ3n) is 5.32. The van der Waals surface area contributed by atoms with E-state index in [1.807, 2.05) is 0 Å².